The van der Waals surface area contributed by atoms with Gasteiger partial charge in [-0.05, 0) is 29.5 Å². The molecule has 4 heteroatoms. The summed E-state index contributed by atoms with van der Waals surface area (Å²) in [5, 5.41) is 2.12. The zero-order chi connectivity index (χ0) is 13.2. The molecule has 0 saturated carbocycles. The van der Waals surface area contributed by atoms with E-state index in [9.17, 15) is 0 Å². The van der Waals surface area contributed by atoms with E-state index in [0.717, 1.165) is 30.0 Å². The lowest BCUT2D eigenvalue weighted by Crippen LogP contribution is -2.07. The van der Waals surface area contributed by atoms with Gasteiger partial charge in [0.25, 0.3) is 0 Å². The molecule has 98 valence electrons. The minimum Gasteiger partial charge on any atom is -0.307 e. The summed E-state index contributed by atoms with van der Waals surface area (Å²) in [6.45, 7) is 5.32. The van der Waals surface area contributed by atoms with Gasteiger partial charge in [-0.2, -0.15) is 0 Å². The van der Waals surface area contributed by atoms with E-state index in [1.54, 1.807) is 11.3 Å². The van der Waals surface area contributed by atoms with E-state index in [0.29, 0.717) is 5.92 Å². The fourth-order valence-electron chi connectivity index (χ4n) is 2.25. The highest BCUT2D eigenvalue weighted by Crippen LogP contribution is 2.20. The van der Waals surface area contributed by atoms with E-state index < -0.39 is 0 Å². The van der Waals surface area contributed by atoms with Crippen LogP contribution >= 0.6 is 11.3 Å². The van der Waals surface area contributed by atoms with Crippen molar-refractivity contribution in [3.63, 3.8) is 0 Å². The predicted octanol–water partition coefficient (Wildman–Crippen LogP) is 3.74. The Morgan fingerprint density at radius 1 is 1.26 bits per heavy atom. The average Bonchev–Trinajstić information content (AvgIpc) is 2.99. The molecule has 19 heavy (non-hydrogen) atoms. The van der Waals surface area contributed by atoms with Crippen LogP contribution < -0.4 is 0 Å². The summed E-state index contributed by atoms with van der Waals surface area (Å²) in [6, 6.07) is 8.24. The molecule has 0 spiro atoms. The molecule has 3 heterocycles. The molecule has 3 aromatic rings. The number of hydrogen-bond acceptors (Lipinski definition) is 3. The monoisotopic (exact) mass is 271 g/mol. The van der Waals surface area contributed by atoms with Crippen molar-refractivity contribution in [3.05, 3.63) is 46.5 Å². The zero-order valence-electron chi connectivity index (χ0n) is 11.2. The Bertz CT molecular complexity index is 668. The standard InChI is InChI=1S/C15H17N3S/c1-11(2)9-14-17-13-6-3-7-16-15(13)18(14)10-12-5-4-8-19-12/h3-8,11H,9-10H2,1-2H3. The Balaban J connectivity index is 2.07. The number of fused-ring (bicyclic) bond motifs is 1. The van der Waals surface area contributed by atoms with Crippen molar-refractivity contribution < 1.29 is 0 Å². The Morgan fingerprint density at radius 2 is 2.16 bits per heavy atom. The normalized spacial score (nSPS) is 11.5. The van der Waals surface area contributed by atoms with Crippen molar-refractivity contribution in [2.45, 2.75) is 26.8 Å². The molecule has 3 aromatic heterocycles. The van der Waals surface area contributed by atoms with Crippen molar-refractivity contribution in [1.82, 2.24) is 14.5 Å². The fraction of sp³-hybridized carbons (Fsp3) is 0.333. The lowest BCUT2D eigenvalue weighted by Gasteiger charge is -2.09. The maximum atomic E-state index is 4.74. The van der Waals surface area contributed by atoms with E-state index in [-0.39, 0.29) is 0 Å². The first-order valence-electron chi connectivity index (χ1n) is 6.56. The first kappa shape index (κ1) is 12.4. The minimum atomic E-state index is 0.596. The first-order chi connectivity index (χ1) is 9.24. The van der Waals surface area contributed by atoms with Gasteiger partial charge in [0, 0.05) is 17.5 Å². The summed E-state index contributed by atoms with van der Waals surface area (Å²) in [5.74, 6) is 1.73. The van der Waals surface area contributed by atoms with Gasteiger partial charge in [0.2, 0.25) is 0 Å². The number of nitrogens with zero attached hydrogens (tertiary/aromatic N) is 3. The van der Waals surface area contributed by atoms with E-state index in [1.807, 2.05) is 18.3 Å². The van der Waals surface area contributed by atoms with Crippen LogP contribution in [0.2, 0.25) is 0 Å². The van der Waals surface area contributed by atoms with Crippen LogP contribution in [0, 0.1) is 5.92 Å². The van der Waals surface area contributed by atoms with Gasteiger partial charge < -0.3 is 4.57 Å². The van der Waals surface area contributed by atoms with Crippen LogP contribution in [-0.2, 0) is 13.0 Å². The summed E-state index contributed by atoms with van der Waals surface area (Å²) in [6.07, 6.45) is 2.83. The van der Waals surface area contributed by atoms with Crippen LogP contribution in [0.1, 0.15) is 24.5 Å². The summed E-state index contributed by atoms with van der Waals surface area (Å²) < 4.78 is 2.25. The highest BCUT2D eigenvalue weighted by atomic mass is 32.1. The van der Waals surface area contributed by atoms with Crippen molar-refractivity contribution in [2.75, 3.05) is 0 Å². The summed E-state index contributed by atoms with van der Waals surface area (Å²) >= 11 is 1.78. The smallest absolute Gasteiger partial charge is 0.160 e. The van der Waals surface area contributed by atoms with Gasteiger partial charge in [-0.1, -0.05) is 19.9 Å². The molecule has 0 aliphatic heterocycles. The molecule has 0 aromatic carbocycles. The fourth-order valence-corrected chi connectivity index (χ4v) is 2.94. The van der Waals surface area contributed by atoms with E-state index in [2.05, 4.69) is 40.9 Å². The van der Waals surface area contributed by atoms with Gasteiger partial charge in [0.05, 0.1) is 6.54 Å². The summed E-state index contributed by atoms with van der Waals surface area (Å²) in [4.78, 5) is 10.6. The second-order valence-electron chi connectivity index (χ2n) is 5.14. The van der Waals surface area contributed by atoms with Gasteiger partial charge in [-0.3, -0.25) is 0 Å². The third kappa shape index (κ3) is 2.54. The van der Waals surface area contributed by atoms with Crippen molar-refractivity contribution in [2.24, 2.45) is 5.92 Å². The summed E-state index contributed by atoms with van der Waals surface area (Å²) in [7, 11) is 0. The molecule has 3 nitrogen and oxygen atoms in total. The van der Waals surface area contributed by atoms with Crippen LogP contribution in [0.5, 0.6) is 0 Å². The number of pyridine rings is 1. The maximum absolute atomic E-state index is 4.74. The number of imidazole rings is 1. The summed E-state index contributed by atoms with van der Waals surface area (Å²) in [5.41, 5.74) is 1.99. The first-order valence-corrected chi connectivity index (χ1v) is 7.44. The second kappa shape index (κ2) is 5.13. The lowest BCUT2D eigenvalue weighted by atomic mass is 10.1. The van der Waals surface area contributed by atoms with Crippen LogP contribution in [0.4, 0.5) is 0 Å². The Hall–Kier alpha value is -1.68. The Labute approximate surface area is 116 Å². The molecule has 0 aliphatic carbocycles. The third-order valence-corrected chi connectivity index (χ3v) is 3.93. The van der Waals surface area contributed by atoms with E-state index in [1.165, 1.54) is 4.88 Å². The van der Waals surface area contributed by atoms with Crippen molar-refractivity contribution in [1.29, 1.82) is 0 Å². The van der Waals surface area contributed by atoms with Gasteiger partial charge in [-0.25, -0.2) is 9.97 Å². The van der Waals surface area contributed by atoms with Crippen LogP contribution in [-0.4, -0.2) is 14.5 Å². The van der Waals surface area contributed by atoms with Gasteiger partial charge in [-0.15, -0.1) is 11.3 Å². The topological polar surface area (TPSA) is 30.7 Å². The molecule has 0 saturated heterocycles. The largest absolute Gasteiger partial charge is 0.307 e. The minimum absolute atomic E-state index is 0.596. The van der Waals surface area contributed by atoms with Crippen molar-refractivity contribution in [3.8, 4) is 0 Å². The second-order valence-corrected chi connectivity index (χ2v) is 6.17. The molecule has 0 unspecified atom stereocenters. The number of aromatic nitrogens is 3. The van der Waals surface area contributed by atoms with Crippen LogP contribution in [0.25, 0.3) is 11.2 Å². The SMILES string of the molecule is CC(C)Cc1nc2cccnc2n1Cc1cccs1. The molecular formula is C15H17N3S. The Kier molecular flexibility index (Phi) is 3.34. The molecule has 3 rings (SSSR count). The van der Waals surface area contributed by atoms with Gasteiger partial charge in [0.1, 0.15) is 11.3 Å². The molecule has 0 bridgehead atoms. The average molecular weight is 271 g/mol. The van der Waals surface area contributed by atoms with E-state index >= 15 is 0 Å². The number of thiophene rings is 1. The molecule has 0 amide bonds. The third-order valence-electron chi connectivity index (χ3n) is 3.07. The van der Waals surface area contributed by atoms with E-state index in [4.69, 9.17) is 4.98 Å². The molecule has 0 aliphatic rings. The quantitative estimate of drug-likeness (QED) is 0.723. The molecule has 0 N–H and O–H groups in total. The van der Waals surface area contributed by atoms with Crippen LogP contribution in [0.15, 0.2) is 35.8 Å². The number of hydrogen-bond donors (Lipinski definition) is 0. The molecule has 0 atom stereocenters. The molecular weight excluding hydrogens is 254 g/mol. The van der Waals surface area contributed by atoms with Crippen molar-refractivity contribution >= 4 is 22.5 Å². The predicted molar refractivity (Wildman–Crippen MR) is 79.5 cm³/mol. The Morgan fingerprint density at radius 3 is 2.89 bits per heavy atom. The maximum Gasteiger partial charge on any atom is 0.160 e. The van der Waals surface area contributed by atoms with Gasteiger partial charge in [0.15, 0.2) is 5.65 Å². The highest BCUT2D eigenvalue weighted by molar-refractivity contribution is 7.09. The van der Waals surface area contributed by atoms with Crippen LogP contribution in [0.3, 0.4) is 0 Å². The zero-order valence-corrected chi connectivity index (χ0v) is 12.0. The number of rotatable bonds is 4. The lowest BCUT2D eigenvalue weighted by molar-refractivity contribution is 0.595. The highest BCUT2D eigenvalue weighted by Gasteiger charge is 2.13. The molecule has 0 fully saturated rings. The van der Waals surface area contributed by atoms with Gasteiger partial charge >= 0.3 is 0 Å². The molecule has 0 radical (unpaired) electrons.